The zero-order valence-electron chi connectivity index (χ0n) is 19.9. The summed E-state index contributed by atoms with van der Waals surface area (Å²) in [5.41, 5.74) is 4.57. The van der Waals surface area contributed by atoms with Crippen molar-refractivity contribution < 1.29 is 19.1 Å². The van der Waals surface area contributed by atoms with Crippen LogP contribution >= 0.6 is 0 Å². The Morgan fingerprint density at radius 2 is 1.88 bits per heavy atom. The van der Waals surface area contributed by atoms with Crippen LogP contribution in [0.3, 0.4) is 0 Å². The number of carbonyl (C=O) groups is 2. The van der Waals surface area contributed by atoms with E-state index in [9.17, 15) is 9.59 Å². The van der Waals surface area contributed by atoms with Crippen LogP contribution in [-0.4, -0.2) is 60.6 Å². The van der Waals surface area contributed by atoms with Gasteiger partial charge in [0, 0.05) is 26.1 Å². The van der Waals surface area contributed by atoms with Crippen molar-refractivity contribution in [1.82, 2.24) is 9.80 Å². The van der Waals surface area contributed by atoms with Gasteiger partial charge in [-0.05, 0) is 48.6 Å². The molecule has 2 aliphatic heterocycles. The van der Waals surface area contributed by atoms with E-state index in [1.807, 2.05) is 41.8 Å². The van der Waals surface area contributed by atoms with Gasteiger partial charge in [0.25, 0.3) is 5.91 Å². The second-order valence-electron chi connectivity index (χ2n) is 8.82. The summed E-state index contributed by atoms with van der Waals surface area (Å²) in [6, 6.07) is 14.3. The Labute approximate surface area is 196 Å². The number of benzene rings is 2. The van der Waals surface area contributed by atoms with E-state index in [4.69, 9.17) is 9.47 Å². The molecule has 33 heavy (non-hydrogen) atoms. The first kappa shape index (κ1) is 23.3. The average molecular weight is 451 g/mol. The van der Waals surface area contributed by atoms with Crippen LogP contribution in [0.1, 0.15) is 55.0 Å². The molecular formula is C27H34N2O4. The molecule has 2 heterocycles. The summed E-state index contributed by atoms with van der Waals surface area (Å²) >= 11 is 0. The topological polar surface area (TPSA) is 59.1 Å². The fourth-order valence-corrected chi connectivity index (χ4v) is 4.80. The van der Waals surface area contributed by atoms with Crippen molar-refractivity contribution in [1.29, 1.82) is 0 Å². The maximum absolute atomic E-state index is 13.0. The van der Waals surface area contributed by atoms with Crippen LogP contribution in [0.5, 0.6) is 5.75 Å². The van der Waals surface area contributed by atoms with Gasteiger partial charge in [-0.2, -0.15) is 0 Å². The van der Waals surface area contributed by atoms with Gasteiger partial charge in [0.05, 0.1) is 19.3 Å². The van der Waals surface area contributed by atoms with Gasteiger partial charge in [0.15, 0.2) is 6.10 Å². The molecule has 0 bridgehead atoms. The van der Waals surface area contributed by atoms with Crippen LogP contribution in [0.4, 0.5) is 0 Å². The number of carbonyl (C=O) groups excluding carboxylic acids is 2. The zero-order chi connectivity index (χ0) is 23.4. The van der Waals surface area contributed by atoms with Crippen LogP contribution in [0.2, 0.25) is 0 Å². The second-order valence-corrected chi connectivity index (χ2v) is 8.82. The molecule has 2 aromatic rings. The zero-order valence-corrected chi connectivity index (χ0v) is 19.9. The molecular weight excluding hydrogens is 416 g/mol. The van der Waals surface area contributed by atoms with Crippen LogP contribution in [-0.2, 0) is 20.7 Å². The Morgan fingerprint density at radius 3 is 2.58 bits per heavy atom. The Hall–Kier alpha value is -2.86. The fourth-order valence-electron chi connectivity index (χ4n) is 4.80. The first-order chi connectivity index (χ1) is 16.0. The summed E-state index contributed by atoms with van der Waals surface area (Å²) in [5.74, 6) is 0.828. The molecule has 2 amide bonds. The lowest BCUT2D eigenvalue weighted by atomic mass is 9.87. The van der Waals surface area contributed by atoms with E-state index in [0.717, 1.165) is 23.1 Å². The molecule has 0 unspecified atom stereocenters. The second kappa shape index (κ2) is 10.4. The molecule has 0 radical (unpaired) electrons. The first-order valence-corrected chi connectivity index (χ1v) is 12.0. The summed E-state index contributed by atoms with van der Waals surface area (Å²) in [4.78, 5) is 29.7. The van der Waals surface area contributed by atoms with Crippen LogP contribution < -0.4 is 4.74 Å². The van der Waals surface area contributed by atoms with E-state index in [0.29, 0.717) is 51.4 Å². The Kier molecular flexibility index (Phi) is 7.33. The minimum absolute atomic E-state index is 0.0107. The molecule has 0 aliphatic carbocycles. The predicted molar refractivity (Wildman–Crippen MR) is 127 cm³/mol. The summed E-state index contributed by atoms with van der Waals surface area (Å²) in [7, 11) is 0. The van der Waals surface area contributed by atoms with Crippen molar-refractivity contribution in [3.63, 3.8) is 0 Å². The van der Waals surface area contributed by atoms with E-state index < -0.39 is 6.10 Å². The highest BCUT2D eigenvalue weighted by Crippen LogP contribution is 2.38. The first-order valence-electron chi connectivity index (χ1n) is 12.0. The van der Waals surface area contributed by atoms with Crippen LogP contribution in [0.15, 0.2) is 42.5 Å². The van der Waals surface area contributed by atoms with Crippen molar-refractivity contribution in [3.05, 3.63) is 64.7 Å². The van der Waals surface area contributed by atoms with Gasteiger partial charge in [-0.15, -0.1) is 0 Å². The Balaban J connectivity index is 1.65. The maximum Gasteiger partial charge on any atom is 0.263 e. The molecule has 176 valence electrons. The van der Waals surface area contributed by atoms with Gasteiger partial charge in [-0.25, -0.2) is 0 Å². The number of rotatable bonds is 6. The summed E-state index contributed by atoms with van der Waals surface area (Å²) in [6.07, 6.45) is 1.35. The summed E-state index contributed by atoms with van der Waals surface area (Å²) in [5, 5.41) is 0. The lowest BCUT2D eigenvalue weighted by molar-refractivity contribution is -0.143. The largest absolute Gasteiger partial charge is 0.481 e. The van der Waals surface area contributed by atoms with Crippen molar-refractivity contribution in [2.24, 2.45) is 0 Å². The number of amides is 2. The highest BCUT2D eigenvalue weighted by molar-refractivity contribution is 5.81. The quantitative estimate of drug-likeness (QED) is 0.670. The number of morpholine rings is 1. The van der Waals surface area contributed by atoms with Crippen LogP contribution in [0.25, 0.3) is 0 Å². The number of nitrogens with zero attached hydrogens (tertiary/aromatic N) is 2. The Bertz CT molecular complexity index is 999. The van der Waals surface area contributed by atoms with Crippen molar-refractivity contribution >= 4 is 11.8 Å². The third-order valence-electron chi connectivity index (χ3n) is 6.57. The summed E-state index contributed by atoms with van der Waals surface area (Å²) in [6.45, 7) is 9.00. The SMILES string of the molecule is CCC(=O)N1CCc2ccc(O[C@H](CC)C(=O)N3CCOCC3)cc2[C@H]1c1cccc(C)c1. The van der Waals surface area contributed by atoms with Gasteiger partial charge >= 0.3 is 0 Å². The molecule has 0 saturated carbocycles. The van der Waals surface area contributed by atoms with Gasteiger partial charge in [0.2, 0.25) is 5.91 Å². The number of ether oxygens (including phenoxy) is 2. The number of hydrogen-bond acceptors (Lipinski definition) is 4. The molecule has 2 atom stereocenters. The average Bonchev–Trinajstić information content (AvgIpc) is 2.86. The highest BCUT2D eigenvalue weighted by atomic mass is 16.5. The maximum atomic E-state index is 13.0. The smallest absolute Gasteiger partial charge is 0.263 e. The standard InChI is InChI=1S/C27H34N2O4/c1-4-24(27(31)28-13-15-32-16-14-28)33-22-10-9-20-11-12-29(25(30)5-2)26(23(20)18-22)21-8-6-7-19(3)17-21/h6-10,17-18,24,26H,4-5,11-16H2,1-3H3/t24-,26-/m1/s1. The van der Waals surface area contributed by atoms with Crippen molar-refractivity contribution in [3.8, 4) is 5.75 Å². The number of aryl methyl sites for hydroxylation is 1. The minimum Gasteiger partial charge on any atom is -0.481 e. The molecule has 1 fully saturated rings. The van der Waals surface area contributed by atoms with E-state index in [2.05, 4.69) is 31.2 Å². The molecule has 0 spiro atoms. The molecule has 1 saturated heterocycles. The third kappa shape index (κ3) is 5.06. The van der Waals surface area contributed by atoms with Crippen molar-refractivity contribution in [2.45, 2.75) is 52.2 Å². The van der Waals surface area contributed by atoms with Gasteiger partial charge in [0.1, 0.15) is 5.75 Å². The Morgan fingerprint density at radius 1 is 1.09 bits per heavy atom. The van der Waals surface area contributed by atoms with E-state index in [1.54, 1.807) is 0 Å². The molecule has 2 aromatic carbocycles. The lowest BCUT2D eigenvalue weighted by Crippen LogP contribution is -2.47. The van der Waals surface area contributed by atoms with Gasteiger partial charge in [-0.1, -0.05) is 49.7 Å². The van der Waals surface area contributed by atoms with Crippen LogP contribution in [0, 0.1) is 6.92 Å². The number of hydrogen-bond donors (Lipinski definition) is 0. The third-order valence-corrected chi connectivity index (χ3v) is 6.57. The molecule has 0 N–H and O–H groups in total. The number of fused-ring (bicyclic) bond motifs is 1. The summed E-state index contributed by atoms with van der Waals surface area (Å²) < 4.78 is 11.6. The molecule has 0 aromatic heterocycles. The molecule has 2 aliphatic rings. The van der Waals surface area contributed by atoms with E-state index in [1.165, 1.54) is 5.56 Å². The van der Waals surface area contributed by atoms with Gasteiger partial charge in [-0.3, -0.25) is 9.59 Å². The monoisotopic (exact) mass is 450 g/mol. The molecule has 4 rings (SSSR count). The highest BCUT2D eigenvalue weighted by Gasteiger charge is 2.32. The van der Waals surface area contributed by atoms with E-state index in [-0.39, 0.29) is 17.9 Å². The molecule has 6 nitrogen and oxygen atoms in total. The fraction of sp³-hybridized carbons (Fsp3) is 0.481. The predicted octanol–water partition coefficient (Wildman–Crippen LogP) is 3.90. The minimum atomic E-state index is -0.532. The lowest BCUT2D eigenvalue weighted by Gasteiger charge is -2.38. The molecule has 6 heteroatoms. The van der Waals surface area contributed by atoms with Gasteiger partial charge < -0.3 is 19.3 Å². The van der Waals surface area contributed by atoms with E-state index >= 15 is 0 Å². The normalized spacial score (nSPS) is 19.1. The van der Waals surface area contributed by atoms with Crippen molar-refractivity contribution in [2.75, 3.05) is 32.8 Å².